The van der Waals surface area contributed by atoms with Gasteiger partial charge in [-0.3, -0.25) is 0 Å². The highest BCUT2D eigenvalue weighted by Crippen LogP contribution is 2.19. The molecule has 1 aliphatic heterocycles. The molecule has 0 aromatic rings. The van der Waals surface area contributed by atoms with Crippen LogP contribution in [0.3, 0.4) is 0 Å². The van der Waals surface area contributed by atoms with E-state index in [0.29, 0.717) is 5.54 Å². The van der Waals surface area contributed by atoms with Crippen LogP contribution in [-0.4, -0.2) is 31.8 Å². The topological polar surface area (TPSA) is 47.3 Å². The molecule has 0 aromatic heterocycles. The van der Waals surface area contributed by atoms with Gasteiger partial charge in [-0.1, -0.05) is 6.92 Å². The van der Waals surface area contributed by atoms with E-state index in [-0.39, 0.29) is 0 Å². The Morgan fingerprint density at radius 3 is 2.62 bits per heavy atom. The Balaban J connectivity index is 2.05. The average Bonchev–Trinajstić information content (AvgIpc) is 2.26. The Kier molecular flexibility index (Phi) is 6.32. The van der Waals surface area contributed by atoms with Crippen molar-refractivity contribution in [1.82, 2.24) is 5.32 Å². The average molecular weight is 228 g/mol. The van der Waals surface area contributed by atoms with Crippen molar-refractivity contribution >= 4 is 0 Å². The lowest BCUT2D eigenvalue weighted by Crippen LogP contribution is -2.47. The highest BCUT2D eigenvalue weighted by Gasteiger charge is 2.25. The van der Waals surface area contributed by atoms with Crippen LogP contribution in [0, 0.1) is 5.92 Å². The molecule has 0 aromatic carbocycles. The highest BCUT2D eigenvalue weighted by molar-refractivity contribution is 4.85. The number of rotatable bonds is 7. The third-order valence-corrected chi connectivity index (χ3v) is 3.68. The number of hydrogen-bond acceptors (Lipinski definition) is 3. The normalized spacial score (nSPS) is 21.9. The van der Waals surface area contributed by atoms with Crippen LogP contribution < -0.4 is 11.1 Å². The molecule has 1 unspecified atom stereocenters. The second kappa shape index (κ2) is 7.25. The summed E-state index contributed by atoms with van der Waals surface area (Å²) in [6.45, 7) is 8.39. The quantitative estimate of drug-likeness (QED) is 0.654. The van der Waals surface area contributed by atoms with Crippen LogP contribution >= 0.6 is 0 Å². The lowest BCUT2D eigenvalue weighted by Gasteiger charge is -2.34. The molecule has 16 heavy (non-hydrogen) atoms. The Labute approximate surface area is 100 Å². The molecule has 0 bridgehead atoms. The summed E-state index contributed by atoms with van der Waals surface area (Å²) in [5, 5.41) is 3.68. The van der Waals surface area contributed by atoms with Crippen LogP contribution in [0.1, 0.15) is 46.0 Å². The predicted octanol–water partition coefficient (Wildman–Crippen LogP) is 1.91. The van der Waals surface area contributed by atoms with Gasteiger partial charge >= 0.3 is 0 Å². The molecule has 3 nitrogen and oxygen atoms in total. The zero-order valence-electron chi connectivity index (χ0n) is 10.9. The number of hydrogen-bond donors (Lipinski definition) is 2. The van der Waals surface area contributed by atoms with E-state index >= 15 is 0 Å². The summed E-state index contributed by atoms with van der Waals surface area (Å²) in [5.74, 6) is 0.772. The molecule has 3 N–H and O–H groups in total. The maximum Gasteiger partial charge on any atom is 0.0483 e. The first-order valence-corrected chi connectivity index (χ1v) is 6.69. The zero-order valence-corrected chi connectivity index (χ0v) is 10.9. The molecule has 0 aliphatic carbocycles. The molecule has 0 saturated carbocycles. The van der Waals surface area contributed by atoms with E-state index in [9.17, 15) is 0 Å². The monoisotopic (exact) mass is 228 g/mol. The summed E-state index contributed by atoms with van der Waals surface area (Å²) in [6, 6.07) is 0. The lowest BCUT2D eigenvalue weighted by molar-refractivity contribution is 0.0452. The van der Waals surface area contributed by atoms with Gasteiger partial charge in [-0.2, -0.15) is 0 Å². The first kappa shape index (κ1) is 13.9. The Morgan fingerprint density at radius 2 is 2.00 bits per heavy atom. The minimum absolute atomic E-state index is 0.315. The van der Waals surface area contributed by atoms with E-state index in [0.717, 1.165) is 51.5 Å². The van der Waals surface area contributed by atoms with Gasteiger partial charge in [0, 0.05) is 18.8 Å². The highest BCUT2D eigenvalue weighted by atomic mass is 16.5. The second-order valence-electron chi connectivity index (χ2n) is 5.42. The van der Waals surface area contributed by atoms with Crippen molar-refractivity contribution in [2.45, 2.75) is 51.5 Å². The fourth-order valence-corrected chi connectivity index (χ4v) is 2.27. The molecule has 0 radical (unpaired) electrons. The molecular formula is C13H28N2O. The molecule has 0 spiro atoms. The van der Waals surface area contributed by atoms with Gasteiger partial charge in [-0.25, -0.2) is 0 Å². The summed E-state index contributed by atoms with van der Waals surface area (Å²) in [6.07, 6.45) is 6.00. The Morgan fingerprint density at radius 1 is 1.31 bits per heavy atom. The molecular weight excluding hydrogens is 200 g/mol. The van der Waals surface area contributed by atoms with Crippen molar-refractivity contribution in [3.63, 3.8) is 0 Å². The van der Waals surface area contributed by atoms with Crippen molar-refractivity contribution in [2.24, 2.45) is 11.7 Å². The molecule has 1 heterocycles. The largest absolute Gasteiger partial charge is 0.381 e. The van der Waals surface area contributed by atoms with Crippen LogP contribution in [0.25, 0.3) is 0 Å². The number of nitrogens with two attached hydrogens (primary N) is 1. The lowest BCUT2D eigenvalue weighted by atomic mass is 9.92. The van der Waals surface area contributed by atoms with E-state index in [4.69, 9.17) is 10.5 Å². The van der Waals surface area contributed by atoms with E-state index in [2.05, 4.69) is 19.2 Å². The first-order chi connectivity index (χ1) is 7.66. The van der Waals surface area contributed by atoms with Crippen molar-refractivity contribution in [3.8, 4) is 0 Å². The molecule has 1 aliphatic rings. The van der Waals surface area contributed by atoms with E-state index < -0.39 is 0 Å². The van der Waals surface area contributed by atoms with E-state index in [1.807, 2.05) is 0 Å². The predicted molar refractivity (Wildman–Crippen MR) is 68.5 cm³/mol. The SMILES string of the molecule is CC(CCN)CCCNC1(C)CCOCC1. The second-order valence-corrected chi connectivity index (χ2v) is 5.42. The van der Waals surface area contributed by atoms with Crippen LogP contribution in [0.4, 0.5) is 0 Å². The molecule has 96 valence electrons. The van der Waals surface area contributed by atoms with Crippen molar-refractivity contribution in [2.75, 3.05) is 26.3 Å². The van der Waals surface area contributed by atoms with Gasteiger partial charge in [0.25, 0.3) is 0 Å². The molecule has 0 amide bonds. The summed E-state index contributed by atoms with van der Waals surface area (Å²) >= 11 is 0. The maximum absolute atomic E-state index is 5.54. The summed E-state index contributed by atoms with van der Waals surface area (Å²) in [7, 11) is 0. The molecule has 1 atom stereocenters. The van der Waals surface area contributed by atoms with Gasteiger partial charge < -0.3 is 15.8 Å². The van der Waals surface area contributed by atoms with Crippen LogP contribution in [0.15, 0.2) is 0 Å². The van der Waals surface area contributed by atoms with Crippen LogP contribution in [-0.2, 0) is 4.74 Å². The van der Waals surface area contributed by atoms with Crippen molar-refractivity contribution in [1.29, 1.82) is 0 Å². The molecule has 1 saturated heterocycles. The minimum atomic E-state index is 0.315. The first-order valence-electron chi connectivity index (χ1n) is 6.69. The third kappa shape index (κ3) is 5.28. The minimum Gasteiger partial charge on any atom is -0.381 e. The van der Waals surface area contributed by atoms with Crippen molar-refractivity contribution in [3.05, 3.63) is 0 Å². The molecule has 1 rings (SSSR count). The van der Waals surface area contributed by atoms with Crippen LogP contribution in [0.5, 0.6) is 0 Å². The zero-order chi connectivity index (χ0) is 11.9. The third-order valence-electron chi connectivity index (χ3n) is 3.68. The summed E-state index contributed by atoms with van der Waals surface area (Å²) < 4.78 is 5.39. The molecule has 1 fully saturated rings. The summed E-state index contributed by atoms with van der Waals surface area (Å²) in [5.41, 5.74) is 5.86. The van der Waals surface area contributed by atoms with Gasteiger partial charge in [-0.05, 0) is 58.0 Å². The summed E-state index contributed by atoms with van der Waals surface area (Å²) in [4.78, 5) is 0. The number of ether oxygens (including phenoxy) is 1. The Hall–Kier alpha value is -0.120. The van der Waals surface area contributed by atoms with Gasteiger partial charge in [0.2, 0.25) is 0 Å². The standard InChI is InChI=1S/C13H28N2O/c1-12(5-8-14)4-3-9-15-13(2)6-10-16-11-7-13/h12,15H,3-11,14H2,1-2H3. The maximum atomic E-state index is 5.54. The van der Waals surface area contributed by atoms with E-state index in [1.54, 1.807) is 0 Å². The smallest absolute Gasteiger partial charge is 0.0483 e. The number of nitrogens with one attached hydrogen (secondary N) is 1. The van der Waals surface area contributed by atoms with Gasteiger partial charge in [0.1, 0.15) is 0 Å². The molecule has 3 heteroatoms. The van der Waals surface area contributed by atoms with Gasteiger partial charge in [-0.15, -0.1) is 0 Å². The van der Waals surface area contributed by atoms with Crippen LogP contribution in [0.2, 0.25) is 0 Å². The van der Waals surface area contributed by atoms with E-state index in [1.165, 1.54) is 12.8 Å². The van der Waals surface area contributed by atoms with Gasteiger partial charge in [0.15, 0.2) is 0 Å². The fourth-order valence-electron chi connectivity index (χ4n) is 2.27. The fraction of sp³-hybridized carbons (Fsp3) is 1.00. The Bertz CT molecular complexity index is 179. The van der Waals surface area contributed by atoms with Crippen molar-refractivity contribution < 1.29 is 4.74 Å². The van der Waals surface area contributed by atoms with Gasteiger partial charge in [0.05, 0.1) is 0 Å².